The van der Waals surface area contributed by atoms with E-state index in [0.717, 1.165) is 10.9 Å². The zero-order valence-corrected chi connectivity index (χ0v) is 14.8. The highest BCUT2D eigenvalue weighted by molar-refractivity contribution is 9.10. The SMILES string of the molecule is COc1ccc(Br)cc1S(=O)(=O)NCC1CCCCC1C. The lowest BCUT2D eigenvalue weighted by Crippen LogP contribution is -2.33. The summed E-state index contributed by atoms with van der Waals surface area (Å²) >= 11 is 3.31. The minimum Gasteiger partial charge on any atom is -0.495 e. The van der Waals surface area contributed by atoms with E-state index < -0.39 is 10.0 Å². The van der Waals surface area contributed by atoms with Gasteiger partial charge in [0.2, 0.25) is 10.0 Å². The van der Waals surface area contributed by atoms with Crippen molar-refractivity contribution in [2.24, 2.45) is 11.8 Å². The molecule has 0 saturated heterocycles. The second-order valence-corrected chi connectivity index (χ2v) is 8.32. The summed E-state index contributed by atoms with van der Waals surface area (Å²) in [6, 6.07) is 4.99. The van der Waals surface area contributed by atoms with Crippen LogP contribution in [0, 0.1) is 11.8 Å². The first kappa shape index (κ1) is 16.8. The highest BCUT2D eigenvalue weighted by atomic mass is 79.9. The third-order valence-corrected chi connectivity index (χ3v) is 6.18. The predicted octanol–water partition coefficient (Wildman–Crippen LogP) is 3.56. The molecule has 1 saturated carbocycles. The maximum absolute atomic E-state index is 12.5. The van der Waals surface area contributed by atoms with E-state index in [4.69, 9.17) is 4.74 Å². The zero-order chi connectivity index (χ0) is 15.5. The lowest BCUT2D eigenvalue weighted by atomic mass is 9.81. The number of ether oxygens (including phenoxy) is 1. The Kier molecular flexibility index (Phi) is 5.68. The van der Waals surface area contributed by atoms with Crippen molar-refractivity contribution in [3.05, 3.63) is 22.7 Å². The Balaban J connectivity index is 2.13. The fourth-order valence-corrected chi connectivity index (χ4v) is 4.65. The fourth-order valence-electron chi connectivity index (χ4n) is 2.85. The Morgan fingerprint density at radius 1 is 1.33 bits per heavy atom. The Bertz CT molecular complexity index is 589. The van der Waals surface area contributed by atoms with Crippen LogP contribution in [-0.2, 0) is 10.0 Å². The molecule has 6 heteroatoms. The summed E-state index contributed by atoms with van der Waals surface area (Å²) in [5.41, 5.74) is 0. The maximum atomic E-state index is 12.5. The van der Waals surface area contributed by atoms with Crippen LogP contribution in [0.5, 0.6) is 5.75 Å². The van der Waals surface area contributed by atoms with Gasteiger partial charge in [0, 0.05) is 11.0 Å². The van der Waals surface area contributed by atoms with Crippen molar-refractivity contribution in [1.29, 1.82) is 0 Å². The van der Waals surface area contributed by atoms with E-state index in [1.807, 2.05) is 0 Å². The molecular weight excluding hydrogens is 354 g/mol. The quantitative estimate of drug-likeness (QED) is 0.855. The van der Waals surface area contributed by atoms with Gasteiger partial charge in [-0.05, 0) is 36.5 Å². The average molecular weight is 376 g/mol. The van der Waals surface area contributed by atoms with E-state index in [1.165, 1.54) is 26.4 Å². The van der Waals surface area contributed by atoms with Gasteiger partial charge in [-0.15, -0.1) is 0 Å². The van der Waals surface area contributed by atoms with Crippen LogP contribution in [0.25, 0.3) is 0 Å². The van der Waals surface area contributed by atoms with Crippen LogP contribution in [0.1, 0.15) is 32.6 Å². The standard InChI is InChI=1S/C15H22BrNO3S/c1-11-5-3-4-6-12(11)10-17-21(18,19)15-9-13(16)7-8-14(15)20-2/h7-9,11-12,17H,3-6,10H2,1-2H3. The summed E-state index contributed by atoms with van der Waals surface area (Å²) in [5.74, 6) is 1.36. The lowest BCUT2D eigenvalue weighted by Gasteiger charge is -2.28. The molecule has 0 bridgehead atoms. The number of nitrogens with one attached hydrogen (secondary N) is 1. The molecular formula is C15H22BrNO3S. The summed E-state index contributed by atoms with van der Waals surface area (Å²) in [6.07, 6.45) is 4.73. The van der Waals surface area contributed by atoms with Crippen LogP contribution in [0.2, 0.25) is 0 Å². The first-order chi connectivity index (χ1) is 9.94. The monoisotopic (exact) mass is 375 g/mol. The lowest BCUT2D eigenvalue weighted by molar-refractivity contribution is 0.257. The molecule has 4 nitrogen and oxygen atoms in total. The molecule has 1 aliphatic rings. The van der Waals surface area contributed by atoms with Crippen molar-refractivity contribution in [1.82, 2.24) is 4.72 Å². The molecule has 21 heavy (non-hydrogen) atoms. The highest BCUT2D eigenvalue weighted by Crippen LogP contribution is 2.30. The molecule has 0 aliphatic heterocycles. The number of benzene rings is 1. The minimum atomic E-state index is -3.55. The van der Waals surface area contributed by atoms with Crippen molar-refractivity contribution < 1.29 is 13.2 Å². The molecule has 1 fully saturated rings. The fraction of sp³-hybridized carbons (Fsp3) is 0.600. The van der Waals surface area contributed by atoms with Gasteiger partial charge in [-0.3, -0.25) is 0 Å². The van der Waals surface area contributed by atoms with Crippen molar-refractivity contribution in [3.8, 4) is 5.75 Å². The second kappa shape index (κ2) is 7.11. The molecule has 0 spiro atoms. The molecule has 1 aromatic carbocycles. The van der Waals surface area contributed by atoms with Crippen LogP contribution in [-0.4, -0.2) is 22.1 Å². The summed E-state index contributed by atoms with van der Waals surface area (Å²) in [4.78, 5) is 0.183. The van der Waals surface area contributed by atoms with Gasteiger partial charge in [-0.2, -0.15) is 0 Å². The largest absolute Gasteiger partial charge is 0.495 e. The third kappa shape index (κ3) is 4.20. The van der Waals surface area contributed by atoms with Crippen molar-refractivity contribution in [3.63, 3.8) is 0 Å². The van der Waals surface area contributed by atoms with E-state index in [0.29, 0.717) is 24.1 Å². The van der Waals surface area contributed by atoms with Gasteiger partial charge in [0.15, 0.2) is 0 Å². The minimum absolute atomic E-state index is 0.183. The van der Waals surface area contributed by atoms with E-state index >= 15 is 0 Å². The number of methoxy groups -OCH3 is 1. The van der Waals surface area contributed by atoms with Gasteiger partial charge < -0.3 is 4.74 Å². The predicted molar refractivity (Wildman–Crippen MR) is 87.0 cm³/mol. The number of sulfonamides is 1. The van der Waals surface area contributed by atoms with E-state index in [1.54, 1.807) is 18.2 Å². The van der Waals surface area contributed by atoms with Gasteiger partial charge in [-0.25, -0.2) is 13.1 Å². The van der Waals surface area contributed by atoms with Crippen LogP contribution < -0.4 is 9.46 Å². The van der Waals surface area contributed by atoms with Crippen LogP contribution in [0.15, 0.2) is 27.6 Å². The molecule has 1 aromatic rings. The van der Waals surface area contributed by atoms with Gasteiger partial charge in [0.1, 0.15) is 10.6 Å². The Morgan fingerprint density at radius 3 is 2.71 bits per heavy atom. The van der Waals surface area contributed by atoms with Crippen molar-refractivity contribution >= 4 is 26.0 Å². The van der Waals surface area contributed by atoms with Crippen molar-refractivity contribution in [2.75, 3.05) is 13.7 Å². The van der Waals surface area contributed by atoms with Crippen molar-refractivity contribution in [2.45, 2.75) is 37.5 Å². The molecule has 2 unspecified atom stereocenters. The number of hydrogen-bond donors (Lipinski definition) is 1. The molecule has 0 heterocycles. The average Bonchev–Trinajstić information content (AvgIpc) is 2.46. The Hall–Kier alpha value is -0.590. The molecule has 1 aliphatic carbocycles. The van der Waals surface area contributed by atoms with Gasteiger partial charge in [-0.1, -0.05) is 42.1 Å². The van der Waals surface area contributed by atoms with Gasteiger partial charge in [0.05, 0.1) is 7.11 Å². The normalized spacial score (nSPS) is 23.0. The zero-order valence-electron chi connectivity index (χ0n) is 12.4. The smallest absolute Gasteiger partial charge is 0.244 e. The number of rotatable bonds is 5. The van der Waals surface area contributed by atoms with Gasteiger partial charge in [0.25, 0.3) is 0 Å². The Labute approximate surface area is 135 Å². The molecule has 0 amide bonds. The molecule has 0 aromatic heterocycles. The molecule has 2 atom stereocenters. The summed E-state index contributed by atoms with van der Waals surface area (Å²) in [7, 11) is -2.08. The van der Waals surface area contributed by atoms with Gasteiger partial charge >= 0.3 is 0 Å². The number of halogens is 1. The first-order valence-corrected chi connectivity index (χ1v) is 9.55. The molecule has 118 valence electrons. The Morgan fingerprint density at radius 2 is 2.05 bits per heavy atom. The maximum Gasteiger partial charge on any atom is 0.244 e. The van der Waals surface area contributed by atoms with Crippen LogP contribution in [0.4, 0.5) is 0 Å². The molecule has 1 N–H and O–H groups in total. The second-order valence-electron chi connectivity index (χ2n) is 5.67. The van der Waals surface area contributed by atoms with Crippen LogP contribution >= 0.6 is 15.9 Å². The summed E-state index contributed by atoms with van der Waals surface area (Å²) in [6.45, 7) is 2.71. The topological polar surface area (TPSA) is 55.4 Å². The summed E-state index contributed by atoms with van der Waals surface area (Å²) in [5, 5.41) is 0. The molecule has 0 radical (unpaired) electrons. The first-order valence-electron chi connectivity index (χ1n) is 7.27. The third-order valence-electron chi connectivity index (χ3n) is 4.24. The number of hydrogen-bond acceptors (Lipinski definition) is 3. The van der Waals surface area contributed by atoms with E-state index in [-0.39, 0.29) is 4.90 Å². The van der Waals surface area contributed by atoms with E-state index in [9.17, 15) is 8.42 Å². The summed E-state index contributed by atoms with van der Waals surface area (Å²) < 4.78 is 33.6. The highest BCUT2D eigenvalue weighted by Gasteiger charge is 2.25. The van der Waals surface area contributed by atoms with E-state index in [2.05, 4.69) is 27.6 Å². The molecule has 2 rings (SSSR count). The van der Waals surface area contributed by atoms with Crippen LogP contribution in [0.3, 0.4) is 0 Å².